The molecule has 2 aromatic rings. The fourth-order valence-corrected chi connectivity index (χ4v) is 1.53. The molecule has 0 atom stereocenters. The minimum atomic E-state index is -0.944. The number of hydrogen-bond acceptors (Lipinski definition) is 3. The summed E-state index contributed by atoms with van der Waals surface area (Å²) >= 11 is 0. The summed E-state index contributed by atoms with van der Waals surface area (Å²) in [7, 11) is 0. The summed E-state index contributed by atoms with van der Waals surface area (Å²) < 4.78 is 32.7. The van der Waals surface area contributed by atoms with Crippen molar-refractivity contribution in [2.45, 2.75) is 18.9 Å². The van der Waals surface area contributed by atoms with Gasteiger partial charge in [-0.05, 0) is 25.0 Å². The van der Waals surface area contributed by atoms with Gasteiger partial charge in [-0.15, -0.1) is 0 Å². The molecule has 3 rings (SSSR count). The Balaban J connectivity index is 1.85. The molecular weight excluding hydrogens is 228 g/mol. The molecule has 0 unspecified atom stereocenters. The van der Waals surface area contributed by atoms with Crippen LogP contribution in [0.2, 0.25) is 0 Å². The molecule has 1 aromatic heterocycles. The molecule has 0 bridgehead atoms. The Morgan fingerprint density at radius 2 is 2.06 bits per heavy atom. The van der Waals surface area contributed by atoms with Crippen molar-refractivity contribution in [3.8, 4) is 11.8 Å². The van der Waals surface area contributed by atoms with Crippen LogP contribution in [0.1, 0.15) is 18.9 Å². The topological polar surface area (TPSA) is 39.9 Å². The first-order valence-corrected chi connectivity index (χ1v) is 5.26. The van der Waals surface area contributed by atoms with Gasteiger partial charge >= 0.3 is 6.01 Å². The Labute approximate surface area is 95.8 Å². The first kappa shape index (κ1) is 10.2. The smallest absolute Gasteiger partial charge is 0.320 e. The van der Waals surface area contributed by atoms with Gasteiger partial charge in [0, 0.05) is 6.07 Å². The second-order valence-corrected chi connectivity index (χ2v) is 3.90. The zero-order chi connectivity index (χ0) is 11.8. The lowest BCUT2D eigenvalue weighted by Crippen LogP contribution is -2.00. The molecule has 1 aliphatic carbocycles. The lowest BCUT2D eigenvalue weighted by molar-refractivity contribution is 0.393. The molecule has 1 heterocycles. The second kappa shape index (κ2) is 3.80. The van der Waals surface area contributed by atoms with Crippen LogP contribution in [0.4, 0.5) is 8.78 Å². The maximum absolute atomic E-state index is 13.0. The molecule has 0 N–H and O–H groups in total. The summed E-state index contributed by atoms with van der Waals surface area (Å²) in [6.45, 7) is 0. The van der Waals surface area contributed by atoms with E-state index in [9.17, 15) is 8.78 Å². The molecule has 17 heavy (non-hydrogen) atoms. The van der Waals surface area contributed by atoms with Crippen LogP contribution < -0.4 is 4.74 Å². The molecule has 1 fully saturated rings. The predicted octanol–water partition coefficient (Wildman–Crippen LogP) is 2.68. The molecule has 1 saturated carbocycles. The summed E-state index contributed by atoms with van der Waals surface area (Å²) in [5.41, 5.74) is 0. The van der Waals surface area contributed by atoms with Gasteiger partial charge in [0.05, 0.1) is 6.04 Å². The van der Waals surface area contributed by atoms with Gasteiger partial charge in [0.1, 0.15) is 12.1 Å². The van der Waals surface area contributed by atoms with E-state index < -0.39 is 11.6 Å². The number of hydrogen-bond donors (Lipinski definition) is 0. The Morgan fingerprint density at radius 1 is 1.24 bits per heavy atom. The maximum Gasteiger partial charge on any atom is 0.320 e. The van der Waals surface area contributed by atoms with Gasteiger partial charge in [0.2, 0.25) is 0 Å². The number of rotatable bonds is 3. The highest BCUT2D eigenvalue weighted by Gasteiger charge is 2.28. The largest absolute Gasteiger partial charge is 0.424 e. The minimum Gasteiger partial charge on any atom is -0.424 e. The Morgan fingerprint density at radius 3 is 2.76 bits per heavy atom. The van der Waals surface area contributed by atoms with Crippen LogP contribution in [-0.4, -0.2) is 14.8 Å². The Hall–Kier alpha value is -1.98. The van der Waals surface area contributed by atoms with E-state index in [0.29, 0.717) is 12.1 Å². The average molecular weight is 237 g/mol. The number of nitrogens with zero attached hydrogens (tertiary/aromatic N) is 3. The molecule has 1 aliphatic rings. The number of ether oxygens (including phenoxy) is 1. The summed E-state index contributed by atoms with van der Waals surface area (Å²) in [6.07, 6.45) is 3.46. The van der Waals surface area contributed by atoms with Gasteiger partial charge < -0.3 is 4.74 Å². The average Bonchev–Trinajstić information content (AvgIpc) is 3.05. The fraction of sp³-hybridized carbons (Fsp3) is 0.273. The van der Waals surface area contributed by atoms with Crippen LogP contribution >= 0.6 is 0 Å². The van der Waals surface area contributed by atoms with Crippen molar-refractivity contribution in [3.63, 3.8) is 0 Å². The van der Waals surface area contributed by atoms with Crippen LogP contribution in [0.25, 0.3) is 0 Å². The third-order valence-corrected chi connectivity index (χ3v) is 2.53. The van der Waals surface area contributed by atoms with Gasteiger partial charge in [-0.1, -0.05) is 0 Å². The van der Waals surface area contributed by atoms with Crippen LogP contribution in [0.3, 0.4) is 0 Å². The van der Waals surface area contributed by atoms with Gasteiger partial charge in [-0.3, -0.25) is 0 Å². The van der Waals surface area contributed by atoms with E-state index in [4.69, 9.17) is 4.74 Å². The van der Waals surface area contributed by atoms with Crippen LogP contribution in [0, 0.1) is 11.6 Å². The molecule has 0 radical (unpaired) electrons. The quantitative estimate of drug-likeness (QED) is 0.823. The van der Waals surface area contributed by atoms with Crippen molar-refractivity contribution in [2.24, 2.45) is 0 Å². The SMILES string of the molecule is Fc1ccc(Oc2ncnn2C2CC2)cc1F. The van der Waals surface area contributed by atoms with Crippen LogP contribution in [0.5, 0.6) is 11.8 Å². The number of halogens is 2. The van der Waals surface area contributed by atoms with Gasteiger partial charge in [-0.25, -0.2) is 13.5 Å². The monoisotopic (exact) mass is 237 g/mol. The molecular formula is C11H9F2N3O. The maximum atomic E-state index is 13.0. The summed E-state index contributed by atoms with van der Waals surface area (Å²) in [6, 6.07) is 3.98. The summed E-state index contributed by atoms with van der Waals surface area (Å²) in [4.78, 5) is 3.94. The van der Waals surface area contributed by atoms with Gasteiger partial charge in [0.15, 0.2) is 11.6 Å². The third-order valence-electron chi connectivity index (χ3n) is 2.53. The number of aromatic nitrogens is 3. The highest BCUT2D eigenvalue weighted by Crippen LogP contribution is 2.37. The van der Waals surface area contributed by atoms with E-state index >= 15 is 0 Å². The van der Waals surface area contributed by atoms with E-state index in [0.717, 1.165) is 25.0 Å². The van der Waals surface area contributed by atoms with Crippen molar-refractivity contribution in [2.75, 3.05) is 0 Å². The molecule has 0 amide bonds. The van der Waals surface area contributed by atoms with Crippen molar-refractivity contribution >= 4 is 0 Å². The van der Waals surface area contributed by atoms with Gasteiger partial charge in [0.25, 0.3) is 0 Å². The van der Waals surface area contributed by atoms with E-state index in [-0.39, 0.29) is 5.75 Å². The second-order valence-electron chi connectivity index (χ2n) is 3.90. The Bertz CT molecular complexity index is 551. The molecule has 1 aromatic carbocycles. The van der Waals surface area contributed by atoms with Crippen molar-refractivity contribution < 1.29 is 13.5 Å². The molecule has 0 spiro atoms. The first-order chi connectivity index (χ1) is 8.24. The number of benzene rings is 1. The lowest BCUT2D eigenvalue weighted by Gasteiger charge is -2.06. The standard InChI is InChI=1S/C11H9F2N3O/c12-9-4-3-8(5-10(9)13)17-11-14-6-15-16(11)7-1-2-7/h3-7H,1-2H2. The van der Waals surface area contributed by atoms with E-state index in [1.165, 1.54) is 12.4 Å². The normalized spacial score (nSPS) is 14.9. The van der Waals surface area contributed by atoms with E-state index in [1.54, 1.807) is 4.68 Å². The molecule has 0 saturated heterocycles. The molecule has 0 aliphatic heterocycles. The molecule has 6 heteroatoms. The van der Waals surface area contributed by atoms with E-state index in [1.807, 2.05) is 0 Å². The summed E-state index contributed by atoms with van der Waals surface area (Å²) in [5, 5.41) is 4.03. The molecule has 4 nitrogen and oxygen atoms in total. The zero-order valence-electron chi connectivity index (χ0n) is 8.81. The highest BCUT2D eigenvalue weighted by molar-refractivity contribution is 5.26. The Kier molecular flexibility index (Phi) is 2.28. The van der Waals surface area contributed by atoms with Gasteiger partial charge in [-0.2, -0.15) is 10.1 Å². The third kappa shape index (κ3) is 1.98. The highest BCUT2D eigenvalue weighted by atomic mass is 19.2. The lowest BCUT2D eigenvalue weighted by atomic mass is 10.3. The van der Waals surface area contributed by atoms with Crippen molar-refractivity contribution in [1.29, 1.82) is 0 Å². The predicted molar refractivity (Wildman–Crippen MR) is 54.7 cm³/mol. The summed E-state index contributed by atoms with van der Waals surface area (Å²) in [5.74, 6) is -1.64. The van der Waals surface area contributed by atoms with Crippen molar-refractivity contribution in [3.05, 3.63) is 36.2 Å². The van der Waals surface area contributed by atoms with Crippen LogP contribution in [-0.2, 0) is 0 Å². The van der Waals surface area contributed by atoms with E-state index in [2.05, 4.69) is 10.1 Å². The van der Waals surface area contributed by atoms with Crippen molar-refractivity contribution in [1.82, 2.24) is 14.8 Å². The van der Waals surface area contributed by atoms with Crippen LogP contribution in [0.15, 0.2) is 24.5 Å². The zero-order valence-corrected chi connectivity index (χ0v) is 8.81. The first-order valence-electron chi connectivity index (χ1n) is 5.26. The molecule has 88 valence electrons. The minimum absolute atomic E-state index is 0.207. The fourth-order valence-electron chi connectivity index (χ4n) is 1.53.